The number of hydrogen-bond donors (Lipinski definition) is 1. The van der Waals surface area contributed by atoms with Gasteiger partial charge in [0.25, 0.3) is 0 Å². The molecule has 0 saturated heterocycles. The molecule has 1 aromatic carbocycles. The average molecular weight is 204 g/mol. The third kappa shape index (κ3) is 1.61. The third-order valence-electron chi connectivity index (χ3n) is 2.35. The molecule has 3 nitrogen and oxygen atoms in total. The Morgan fingerprint density at radius 2 is 2.13 bits per heavy atom. The number of ketones is 1. The van der Waals surface area contributed by atoms with Gasteiger partial charge in [0.05, 0.1) is 5.56 Å². The molecule has 0 fully saturated rings. The standard InChI is InChI=1S/C12H12O3/c1-7(2)12(14)10-6-15-11-4-3-8(13)5-9(10)11/h3-7,13H,1-2H3. The first-order chi connectivity index (χ1) is 7.09. The Balaban J connectivity index is 2.62. The zero-order valence-electron chi connectivity index (χ0n) is 8.65. The van der Waals surface area contributed by atoms with Crippen LogP contribution in [0.5, 0.6) is 5.75 Å². The maximum atomic E-state index is 11.8. The zero-order chi connectivity index (χ0) is 11.0. The van der Waals surface area contributed by atoms with E-state index in [1.54, 1.807) is 12.1 Å². The quantitative estimate of drug-likeness (QED) is 0.765. The molecule has 0 bridgehead atoms. The molecule has 0 spiro atoms. The van der Waals surface area contributed by atoms with Crippen molar-refractivity contribution < 1.29 is 14.3 Å². The summed E-state index contributed by atoms with van der Waals surface area (Å²) in [6.07, 6.45) is 1.45. The molecule has 78 valence electrons. The predicted molar refractivity (Wildman–Crippen MR) is 57.0 cm³/mol. The highest BCUT2D eigenvalue weighted by atomic mass is 16.3. The lowest BCUT2D eigenvalue weighted by Crippen LogP contribution is -2.06. The summed E-state index contributed by atoms with van der Waals surface area (Å²) in [6, 6.07) is 4.74. The van der Waals surface area contributed by atoms with Gasteiger partial charge in [0, 0.05) is 11.3 Å². The topological polar surface area (TPSA) is 50.4 Å². The monoisotopic (exact) mass is 204 g/mol. The van der Waals surface area contributed by atoms with E-state index in [0.717, 1.165) is 0 Å². The van der Waals surface area contributed by atoms with Gasteiger partial charge in [-0.3, -0.25) is 4.79 Å². The van der Waals surface area contributed by atoms with E-state index in [1.165, 1.54) is 12.3 Å². The number of carbonyl (C=O) groups is 1. The van der Waals surface area contributed by atoms with Crippen molar-refractivity contribution in [2.45, 2.75) is 13.8 Å². The Hall–Kier alpha value is -1.77. The van der Waals surface area contributed by atoms with Gasteiger partial charge in [-0.1, -0.05) is 13.8 Å². The average Bonchev–Trinajstić information content (AvgIpc) is 2.59. The maximum Gasteiger partial charge on any atom is 0.169 e. The first kappa shape index (κ1) is 9.77. The smallest absolute Gasteiger partial charge is 0.169 e. The summed E-state index contributed by atoms with van der Waals surface area (Å²) in [7, 11) is 0. The molecule has 1 heterocycles. The number of carbonyl (C=O) groups excluding carboxylic acids is 1. The molecule has 0 aliphatic carbocycles. The van der Waals surface area contributed by atoms with Crippen LogP contribution >= 0.6 is 0 Å². The van der Waals surface area contributed by atoms with Gasteiger partial charge in [0.2, 0.25) is 0 Å². The van der Waals surface area contributed by atoms with Crippen molar-refractivity contribution in [2.75, 3.05) is 0 Å². The lowest BCUT2D eigenvalue weighted by Gasteiger charge is -2.00. The summed E-state index contributed by atoms with van der Waals surface area (Å²) >= 11 is 0. The molecular formula is C12H12O3. The van der Waals surface area contributed by atoms with Crippen molar-refractivity contribution in [3.05, 3.63) is 30.0 Å². The van der Waals surface area contributed by atoms with Gasteiger partial charge in [-0.15, -0.1) is 0 Å². The number of fused-ring (bicyclic) bond motifs is 1. The second-order valence-corrected chi connectivity index (χ2v) is 3.85. The number of phenolic OH excluding ortho intramolecular Hbond substituents is 1. The Morgan fingerprint density at radius 3 is 2.80 bits per heavy atom. The van der Waals surface area contributed by atoms with Crippen LogP contribution in [0, 0.1) is 5.92 Å². The van der Waals surface area contributed by atoms with Crippen LogP contribution in [0.1, 0.15) is 24.2 Å². The van der Waals surface area contributed by atoms with Crippen LogP contribution in [0.3, 0.4) is 0 Å². The van der Waals surface area contributed by atoms with E-state index < -0.39 is 0 Å². The normalized spacial score (nSPS) is 11.1. The van der Waals surface area contributed by atoms with E-state index in [-0.39, 0.29) is 17.5 Å². The molecule has 1 aromatic heterocycles. The minimum Gasteiger partial charge on any atom is -0.508 e. The number of Topliss-reactive ketones (excluding diaryl/α,β-unsaturated/α-hetero) is 1. The Labute approximate surface area is 87.3 Å². The minimum atomic E-state index is -0.0758. The summed E-state index contributed by atoms with van der Waals surface area (Å²) in [5.74, 6) is 0.0919. The number of phenols is 1. The number of furan rings is 1. The fourth-order valence-electron chi connectivity index (χ4n) is 1.52. The van der Waals surface area contributed by atoms with Crippen LogP contribution in [0.15, 0.2) is 28.9 Å². The van der Waals surface area contributed by atoms with Crippen molar-refractivity contribution >= 4 is 16.8 Å². The van der Waals surface area contributed by atoms with E-state index in [0.29, 0.717) is 16.5 Å². The van der Waals surface area contributed by atoms with Crippen molar-refractivity contribution in [3.63, 3.8) is 0 Å². The van der Waals surface area contributed by atoms with E-state index in [9.17, 15) is 9.90 Å². The highest BCUT2D eigenvalue weighted by molar-refractivity contribution is 6.08. The molecule has 2 aromatic rings. The van der Waals surface area contributed by atoms with Gasteiger partial charge in [-0.25, -0.2) is 0 Å². The van der Waals surface area contributed by atoms with Gasteiger partial charge in [0.1, 0.15) is 17.6 Å². The van der Waals surface area contributed by atoms with Crippen LogP contribution in [-0.4, -0.2) is 10.9 Å². The van der Waals surface area contributed by atoms with Gasteiger partial charge < -0.3 is 9.52 Å². The Bertz CT molecular complexity index is 509. The van der Waals surface area contributed by atoms with Gasteiger partial charge in [-0.05, 0) is 18.2 Å². The number of aromatic hydroxyl groups is 1. The highest BCUT2D eigenvalue weighted by Gasteiger charge is 2.16. The van der Waals surface area contributed by atoms with Gasteiger partial charge >= 0.3 is 0 Å². The molecule has 0 amide bonds. The largest absolute Gasteiger partial charge is 0.508 e. The molecule has 2 rings (SSSR count). The summed E-state index contributed by atoms with van der Waals surface area (Å²) in [6.45, 7) is 3.67. The Kier molecular flexibility index (Phi) is 2.23. The second kappa shape index (κ2) is 3.42. The molecule has 0 aliphatic heterocycles. The molecule has 1 N–H and O–H groups in total. The van der Waals surface area contributed by atoms with Crippen molar-refractivity contribution in [1.82, 2.24) is 0 Å². The fraction of sp³-hybridized carbons (Fsp3) is 0.250. The lowest BCUT2D eigenvalue weighted by molar-refractivity contribution is 0.0940. The third-order valence-corrected chi connectivity index (χ3v) is 2.35. The van der Waals surface area contributed by atoms with Crippen molar-refractivity contribution in [3.8, 4) is 5.75 Å². The van der Waals surface area contributed by atoms with E-state index in [1.807, 2.05) is 13.8 Å². The molecule has 15 heavy (non-hydrogen) atoms. The van der Waals surface area contributed by atoms with Crippen LogP contribution in [0.4, 0.5) is 0 Å². The van der Waals surface area contributed by atoms with Crippen LogP contribution in [0.2, 0.25) is 0 Å². The molecule has 0 saturated carbocycles. The number of benzene rings is 1. The predicted octanol–water partition coefficient (Wildman–Crippen LogP) is 2.98. The fourth-order valence-corrected chi connectivity index (χ4v) is 1.52. The molecule has 3 heteroatoms. The molecular weight excluding hydrogens is 192 g/mol. The van der Waals surface area contributed by atoms with Crippen LogP contribution < -0.4 is 0 Å². The van der Waals surface area contributed by atoms with Gasteiger partial charge in [-0.2, -0.15) is 0 Å². The zero-order valence-corrected chi connectivity index (χ0v) is 8.65. The number of rotatable bonds is 2. The highest BCUT2D eigenvalue weighted by Crippen LogP contribution is 2.26. The first-order valence-corrected chi connectivity index (χ1v) is 4.84. The molecule has 0 unspecified atom stereocenters. The summed E-state index contributed by atoms with van der Waals surface area (Å²) in [4.78, 5) is 11.8. The molecule has 0 radical (unpaired) electrons. The van der Waals surface area contributed by atoms with E-state index >= 15 is 0 Å². The van der Waals surface area contributed by atoms with E-state index in [2.05, 4.69) is 0 Å². The summed E-state index contributed by atoms with van der Waals surface area (Å²) < 4.78 is 5.24. The van der Waals surface area contributed by atoms with Crippen LogP contribution in [-0.2, 0) is 0 Å². The SMILES string of the molecule is CC(C)C(=O)c1coc2ccc(O)cc12. The summed E-state index contributed by atoms with van der Waals surface area (Å²) in [5, 5.41) is 10.0. The second-order valence-electron chi connectivity index (χ2n) is 3.85. The Morgan fingerprint density at radius 1 is 1.40 bits per heavy atom. The minimum absolute atomic E-state index is 0.0272. The number of hydrogen-bond acceptors (Lipinski definition) is 3. The molecule has 0 atom stereocenters. The van der Waals surface area contributed by atoms with Crippen molar-refractivity contribution in [1.29, 1.82) is 0 Å². The maximum absolute atomic E-state index is 11.8. The first-order valence-electron chi connectivity index (χ1n) is 4.84. The van der Waals surface area contributed by atoms with E-state index in [4.69, 9.17) is 4.42 Å². The lowest BCUT2D eigenvalue weighted by atomic mass is 10.0. The van der Waals surface area contributed by atoms with Gasteiger partial charge in [0.15, 0.2) is 5.78 Å². The van der Waals surface area contributed by atoms with Crippen LogP contribution in [0.25, 0.3) is 11.0 Å². The molecule has 0 aliphatic rings. The summed E-state index contributed by atoms with van der Waals surface area (Å²) in [5.41, 5.74) is 1.16. The van der Waals surface area contributed by atoms with Crippen molar-refractivity contribution in [2.24, 2.45) is 5.92 Å².